The van der Waals surface area contributed by atoms with Gasteiger partial charge in [-0.3, -0.25) is 14.6 Å². The quantitative estimate of drug-likeness (QED) is 0.396. The molecule has 1 aliphatic heterocycles. The normalized spacial score (nSPS) is 18.1. The van der Waals surface area contributed by atoms with Gasteiger partial charge in [-0.2, -0.15) is 0 Å². The highest BCUT2D eigenvalue weighted by Crippen LogP contribution is 2.42. The Labute approximate surface area is 186 Å². The molecule has 0 saturated carbocycles. The number of amides is 1. The molecule has 1 aromatic carbocycles. The topological polar surface area (TPSA) is 89.0 Å². The van der Waals surface area contributed by atoms with E-state index < -0.39 is 17.7 Å². The Balaban J connectivity index is 2.17. The first-order valence-electron chi connectivity index (χ1n) is 9.90. The second-order valence-electron chi connectivity index (χ2n) is 7.53. The highest BCUT2D eigenvalue weighted by Gasteiger charge is 2.46. The molecular formula is C23H25ClN2O5. The van der Waals surface area contributed by atoms with Crippen LogP contribution >= 0.6 is 11.6 Å². The van der Waals surface area contributed by atoms with Crippen molar-refractivity contribution in [2.24, 2.45) is 0 Å². The molecule has 8 heteroatoms. The van der Waals surface area contributed by atoms with E-state index in [1.165, 1.54) is 12.0 Å². The fraction of sp³-hybridized carbons (Fsp3) is 0.348. The van der Waals surface area contributed by atoms with Gasteiger partial charge in [0, 0.05) is 18.9 Å². The van der Waals surface area contributed by atoms with Crippen LogP contribution in [-0.4, -0.2) is 53.0 Å². The van der Waals surface area contributed by atoms with Crippen LogP contribution < -0.4 is 4.74 Å². The molecule has 31 heavy (non-hydrogen) atoms. The first-order chi connectivity index (χ1) is 14.8. The van der Waals surface area contributed by atoms with Gasteiger partial charge in [0.25, 0.3) is 11.7 Å². The molecule has 1 aromatic heterocycles. The average Bonchev–Trinajstić information content (AvgIpc) is 2.98. The predicted molar refractivity (Wildman–Crippen MR) is 117 cm³/mol. The van der Waals surface area contributed by atoms with Crippen molar-refractivity contribution >= 4 is 29.1 Å². The van der Waals surface area contributed by atoms with E-state index in [1.54, 1.807) is 36.7 Å². The molecule has 7 nitrogen and oxygen atoms in total. The molecular weight excluding hydrogens is 420 g/mol. The lowest BCUT2D eigenvalue weighted by molar-refractivity contribution is -0.140. The molecule has 1 aliphatic rings. The minimum atomic E-state index is -0.812. The maximum absolute atomic E-state index is 13.0. The lowest BCUT2D eigenvalue weighted by Crippen LogP contribution is -2.33. The van der Waals surface area contributed by atoms with Crippen LogP contribution in [0.4, 0.5) is 0 Å². The molecule has 164 valence electrons. The number of ether oxygens (including phenoxy) is 2. The van der Waals surface area contributed by atoms with Crippen molar-refractivity contribution in [2.45, 2.75) is 32.9 Å². The SMILES string of the molecule is COc1c(Cl)cc(C)cc1/C(O)=C1\C(=O)C(=O)N(CCOC(C)C)C1c1cccnc1. The summed E-state index contributed by atoms with van der Waals surface area (Å²) in [4.78, 5) is 31.5. The number of benzene rings is 1. The first kappa shape index (κ1) is 22.8. The van der Waals surface area contributed by atoms with Crippen LogP contribution in [0.15, 0.2) is 42.2 Å². The minimum Gasteiger partial charge on any atom is -0.507 e. The molecule has 0 radical (unpaired) electrons. The number of carbonyl (C=O) groups is 2. The predicted octanol–water partition coefficient (Wildman–Crippen LogP) is 3.90. The van der Waals surface area contributed by atoms with Gasteiger partial charge in [-0.1, -0.05) is 17.7 Å². The third kappa shape index (κ3) is 4.57. The Morgan fingerprint density at radius 2 is 2.06 bits per heavy atom. The number of hydrogen-bond donors (Lipinski definition) is 1. The van der Waals surface area contributed by atoms with Crippen molar-refractivity contribution in [3.8, 4) is 5.75 Å². The fourth-order valence-corrected chi connectivity index (χ4v) is 3.99. The largest absolute Gasteiger partial charge is 0.507 e. The van der Waals surface area contributed by atoms with Crippen molar-refractivity contribution in [1.82, 2.24) is 9.88 Å². The van der Waals surface area contributed by atoms with Crippen molar-refractivity contribution in [3.63, 3.8) is 0 Å². The lowest BCUT2D eigenvalue weighted by Gasteiger charge is -2.25. The van der Waals surface area contributed by atoms with Gasteiger partial charge in [0.15, 0.2) is 0 Å². The maximum Gasteiger partial charge on any atom is 0.295 e. The molecule has 0 aliphatic carbocycles. The number of methoxy groups -OCH3 is 1. The molecule has 2 aromatic rings. The number of hydrogen-bond acceptors (Lipinski definition) is 6. The number of nitrogens with zero attached hydrogens (tertiary/aromatic N) is 2. The van der Waals surface area contributed by atoms with Crippen molar-refractivity contribution < 1.29 is 24.2 Å². The third-order valence-corrected chi connectivity index (χ3v) is 5.25. The Morgan fingerprint density at radius 1 is 1.32 bits per heavy atom. The van der Waals surface area contributed by atoms with Gasteiger partial charge in [-0.25, -0.2) is 0 Å². The Kier molecular flexibility index (Phi) is 6.97. The Hall–Kier alpha value is -2.90. The van der Waals surface area contributed by atoms with Crippen LogP contribution in [0.5, 0.6) is 5.75 Å². The second kappa shape index (κ2) is 9.49. The maximum atomic E-state index is 13.0. The summed E-state index contributed by atoms with van der Waals surface area (Å²) < 4.78 is 10.9. The molecule has 1 amide bonds. The first-order valence-corrected chi connectivity index (χ1v) is 10.3. The number of aliphatic hydroxyl groups excluding tert-OH is 1. The summed E-state index contributed by atoms with van der Waals surface area (Å²) in [6.45, 7) is 6.02. The van der Waals surface area contributed by atoms with Crippen molar-refractivity contribution in [3.05, 3.63) is 63.9 Å². The minimum absolute atomic E-state index is 0.0210. The zero-order chi connectivity index (χ0) is 22.7. The molecule has 2 heterocycles. The van der Waals surface area contributed by atoms with Crippen LogP contribution in [0.3, 0.4) is 0 Å². The van der Waals surface area contributed by atoms with Gasteiger partial charge in [0.1, 0.15) is 11.5 Å². The van der Waals surface area contributed by atoms with E-state index in [1.807, 2.05) is 20.8 Å². The standard InChI is InChI=1S/C23H25ClN2O5/c1-13(2)31-9-8-26-19(15-6-5-7-25-12-15)18(21(28)23(26)29)20(27)16-10-14(3)11-17(24)22(16)30-4/h5-7,10-13,19,27H,8-9H2,1-4H3/b20-18+. The highest BCUT2D eigenvalue weighted by atomic mass is 35.5. The zero-order valence-electron chi connectivity index (χ0n) is 17.9. The molecule has 0 spiro atoms. The van der Waals surface area contributed by atoms with Gasteiger partial charge in [-0.05, 0) is 50.1 Å². The monoisotopic (exact) mass is 444 g/mol. The summed E-state index contributed by atoms with van der Waals surface area (Å²) in [5.74, 6) is -1.61. The van der Waals surface area contributed by atoms with E-state index in [2.05, 4.69) is 4.98 Å². The van der Waals surface area contributed by atoms with Crippen LogP contribution in [0.1, 0.15) is 36.6 Å². The third-order valence-electron chi connectivity index (χ3n) is 4.97. The summed E-state index contributed by atoms with van der Waals surface area (Å²) in [7, 11) is 1.42. The smallest absolute Gasteiger partial charge is 0.295 e. The van der Waals surface area contributed by atoms with Crippen LogP contribution in [-0.2, 0) is 14.3 Å². The summed E-state index contributed by atoms with van der Waals surface area (Å²) in [5, 5.41) is 11.5. The number of aryl methyl sites for hydroxylation is 1. The lowest BCUT2D eigenvalue weighted by atomic mass is 9.95. The van der Waals surface area contributed by atoms with Gasteiger partial charge in [0.05, 0.1) is 42.0 Å². The number of carbonyl (C=O) groups excluding carboxylic acids is 2. The summed E-state index contributed by atoms with van der Waals surface area (Å²) in [6.07, 6.45) is 3.15. The summed E-state index contributed by atoms with van der Waals surface area (Å²) >= 11 is 6.28. The highest BCUT2D eigenvalue weighted by molar-refractivity contribution is 6.46. The molecule has 0 bridgehead atoms. The molecule has 1 atom stereocenters. The summed E-state index contributed by atoms with van der Waals surface area (Å²) in [5.41, 5.74) is 1.58. The van der Waals surface area contributed by atoms with Crippen LogP contribution in [0, 0.1) is 6.92 Å². The molecule has 1 N–H and O–H groups in total. The zero-order valence-corrected chi connectivity index (χ0v) is 18.6. The second-order valence-corrected chi connectivity index (χ2v) is 7.93. The number of likely N-dealkylation sites (tertiary alicyclic amines) is 1. The van der Waals surface area contributed by atoms with Crippen molar-refractivity contribution in [1.29, 1.82) is 0 Å². The molecule has 1 fully saturated rings. The van der Waals surface area contributed by atoms with Gasteiger partial charge in [-0.15, -0.1) is 0 Å². The van der Waals surface area contributed by atoms with E-state index in [0.717, 1.165) is 5.56 Å². The van der Waals surface area contributed by atoms with Crippen LogP contribution in [0.2, 0.25) is 5.02 Å². The van der Waals surface area contributed by atoms with E-state index in [0.29, 0.717) is 10.6 Å². The number of Topliss-reactive ketones (excluding diaryl/α,β-unsaturated/α-hetero) is 1. The van der Waals surface area contributed by atoms with Gasteiger partial charge < -0.3 is 19.5 Å². The number of ketones is 1. The Bertz CT molecular complexity index is 1020. The van der Waals surface area contributed by atoms with E-state index in [4.69, 9.17) is 21.1 Å². The Morgan fingerprint density at radius 3 is 2.68 bits per heavy atom. The van der Waals surface area contributed by atoms with Gasteiger partial charge in [0.2, 0.25) is 0 Å². The number of halogens is 1. The number of aromatic nitrogens is 1. The molecule has 1 saturated heterocycles. The van der Waals surface area contributed by atoms with E-state index >= 15 is 0 Å². The molecule has 1 unspecified atom stereocenters. The van der Waals surface area contributed by atoms with Gasteiger partial charge >= 0.3 is 0 Å². The number of pyridine rings is 1. The number of rotatable bonds is 7. The molecule has 3 rings (SSSR count). The number of aliphatic hydroxyl groups is 1. The summed E-state index contributed by atoms with van der Waals surface area (Å²) in [6, 6.07) is 6.01. The van der Waals surface area contributed by atoms with Crippen LogP contribution in [0.25, 0.3) is 5.76 Å². The van der Waals surface area contributed by atoms with Crippen molar-refractivity contribution in [2.75, 3.05) is 20.3 Å². The van der Waals surface area contributed by atoms with E-state index in [-0.39, 0.29) is 41.9 Å². The van der Waals surface area contributed by atoms with E-state index in [9.17, 15) is 14.7 Å². The fourth-order valence-electron chi connectivity index (χ4n) is 3.64. The average molecular weight is 445 g/mol.